The summed E-state index contributed by atoms with van der Waals surface area (Å²) in [4.78, 5) is 0.164. The normalized spacial score (nSPS) is 22.3. The highest BCUT2D eigenvalue weighted by atomic mass is 79.9. The van der Waals surface area contributed by atoms with Gasteiger partial charge < -0.3 is 4.42 Å². The van der Waals surface area contributed by atoms with Crippen molar-refractivity contribution in [1.82, 2.24) is 4.31 Å². The van der Waals surface area contributed by atoms with E-state index < -0.39 is 10.0 Å². The lowest BCUT2D eigenvalue weighted by Gasteiger charge is -2.31. The van der Waals surface area contributed by atoms with Crippen molar-refractivity contribution in [3.63, 3.8) is 0 Å². The molecule has 0 bridgehead atoms. The minimum Gasteiger partial charge on any atom is -0.452 e. The molecule has 1 aromatic heterocycles. The fraction of sp³-hybridized carbons (Fsp3) is 0.600. The van der Waals surface area contributed by atoms with Crippen LogP contribution in [-0.2, 0) is 15.9 Å². The topological polar surface area (TPSA) is 50.5 Å². The van der Waals surface area contributed by atoms with Gasteiger partial charge >= 0.3 is 0 Å². The molecule has 1 aliphatic heterocycles. The maximum atomic E-state index is 12.5. The van der Waals surface area contributed by atoms with Crippen LogP contribution in [0.1, 0.15) is 12.7 Å². The van der Waals surface area contributed by atoms with E-state index in [0.717, 1.165) is 11.5 Å². The summed E-state index contributed by atoms with van der Waals surface area (Å²) in [5.74, 6) is 2.24. The summed E-state index contributed by atoms with van der Waals surface area (Å²) in [6.07, 6.45) is 0. The Morgan fingerprint density at radius 2 is 2.39 bits per heavy atom. The van der Waals surface area contributed by atoms with Crippen LogP contribution in [0.2, 0.25) is 0 Å². The van der Waals surface area contributed by atoms with Crippen molar-refractivity contribution in [3.8, 4) is 0 Å². The summed E-state index contributed by atoms with van der Waals surface area (Å²) in [7, 11) is -3.51. The Morgan fingerprint density at radius 3 is 2.94 bits per heavy atom. The number of hydrogen-bond donors (Lipinski definition) is 0. The van der Waals surface area contributed by atoms with Gasteiger partial charge in [-0.15, -0.1) is 11.6 Å². The molecule has 1 fully saturated rings. The lowest BCUT2D eigenvalue weighted by molar-refractivity contribution is 0.366. The molecular formula is C10H13BrClNO3S2. The van der Waals surface area contributed by atoms with Crippen LogP contribution in [-0.4, -0.2) is 36.8 Å². The lowest BCUT2D eigenvalue weighted by Crippen LogP contribution is -2.44. The van der Waals surface area contributed by atoms with E-state index in [1.807, 2.05) is 6.92 Å². The van der Waals surface area contributed by atoms with Crippen molar-refractivity contribution >= 4 is 49.3 Å². The monoisotopic (exact) mass is 373 g/mol. The third-order valence-electron chi connectivity index (χ3n) is 2.73. The highest BCUT2D eigenvalue weighted by molar-refractivity contribution is 9.10. The van der Waals surface area contributed by atoms with E-state index in [9.17, 15) is 8.42 Å². The zero-order chi connectivity index (χ0) is 13.3. The first-order chi connectivity index (χ1) is 8.46. The second kappa shape index (κ2) is 5.75. The maximum Gasteiger partial charge on any atom is 0.247 e. The summed E-state index contributed by atoms with van der Waals surface area (Å²) in [5, 5.41) is 0. The second-order valence-electron chi connectivity index (χ2n) is 4.02. The van der Waals surface area contributed by atoms with Gasteiger partial charge in [0.05, 0.1) is 5.88 Å². The Hall–Kier alpha value is 0.310. The van der Waals surface area contributed by atoms with Crippen LogP contribution in [0.15, 0.2) is 20.0 Å². The van der Waals surface area contributed by atoms with Crippen LogP contribution in [0.3, 0.4) is 0 Å². The van der Waals surface area contributed by atoms with E-state index in [-0.39, 0.29) is 21.5 Å². The van der Waals surface area contributed by atoms with Crippen molar-refractivity contribution < 1.29 is 12.8 Å². The maximum absolute atomic E-state index is 12.5. The Balaban J connectivity index is 2.37. The summed E-state index contributed by atoms with van der Waals surface area (Å²) in [6, 6.07) is 1.48. The molecule has 1 aliphatic rings. The largest absolute Gasteiger partial charge is 0.452 e. The van der Waals surface area contributed by atoms with Gasteiger partial charge in [0.1, 0.15) is 10.7 Å². The average molecular weight is 375 g/mol. The van der Waals surface area contributed by atoms with Gasteiger partial charge in [-0.25, -0.2) is 8.42 Å². The van der Waals surface area contributed by atoms with E-state index in [1.54, 1.807) is 11.8 Å². The summed E-state index contributed by atoms with van der Waals surface area (Å²) in [6.45, 7) is 2.45. The zero-order valence-electron chi connectivity index (χ0n) is 9.73. The molecule has 0 aromatic carbocycles. The fourth-order valence-electron chi connectivity index (χ4n) is 1.83. The molecule has 4 nitrogen and oxygen atoms in total. The van der Waals surface area contributed by atoms with Gasteiger partial charge in [-0.05, 0) is 22.9 Å². The summed E-state index contributed by atoms with van der Waals surface area (Å²) >= 11 is 10.6. The molecule has 18 heavy (non-hydrogen) atoms. The molecule has 0 amide bonds. The molecule has 1 atom stereocenters. The fourth-order valence-corrected chi connectivity index (χ4v) is 5.78. The van der Waals surface area contributed by atoms with Gasteiger partial charge in [0.15, 0.2) is 4.67 Å². The number of alkyl halides is 1. The van der Waals surface area contributed by atoms with Gasteiger partial charge in [-0.3, -0.25) is 0 Å². The standard InChI is InChI=1S/C10H13BrClNO3S2/c1-7-6-17-3-2-13(7)18(14,15)9-4-8(5-12)16-10(9)11/h4,7H,2-3,5-6H2,1H3. The van der Waals surface area contributed by atoms with Crippen molar-refractivity contribution in [3.05, 3.63) is 16.5 Å². The first kappa shape index (κ1) is 14.7. The molecule has 2 heterocycles. The molecule has 1 saturated heterocycles. The van der Waals surface area contributed by atoms with Crippen molar-refractivity contribution in [2.75, 3.05) is 18.1 Å². The number of halogens is 2. The molecule has 1 unspecified atom stereocenters. The van der Waals surface area contributed by atoms with Crippen LogP contribution < -0.4 is 0 Å². The Labute approximate surface area is 124 Å². The van der Waals surface area contributed by atoms with E-state index in [0.29, 0.717) is 12.3 Å². The highest BCUT2D eigenvalue weighted by Gasteiger charge is 2.34. The van der Waals surface area contributed by atoms with Gasteiger partial charge in [0.25, 0.3) is 0 Å². The van der Waals surface area contributed by atoms with E-state index >= 15 is 0 Å². The Morgan fingerprint density at radius 1 is 1.67 bits per heavy atom. The molecule has 0 N–H and O–H groups in total. The number of sulfonamides is 1. The van der Waals surface area contributed by atoms with Crippen molar-refractivity contribution in [1.29, 1.82) is 0 Å². The number of hydrogen-bond acceptors (Lipinski definition) is 4. The molecule has 0 spiro atoms. The molecule has 102 valence electrons. The molecule has 0 radical (unpaired) electrons. The average Bonchev–Trinajstić information content (AvgIpc) is 2.71. The molecule has 8 heteroatoms. The predicted octanol–water partition coefficient (Wildman–Crippen LogP) is 2.91. The molecule has 2 rings (SSSR count). The number of rotatable bonds is 3. The number of nitrogens with zero attached hydrogens (tertiary/aromatic N) is 1. The Bertz CT molecular complexity index is 531. The van der Waals surface area contributed by atoms with Gasteiger partial charge in [0, 0.05) is 30.2 Å². The second-order valence-corrected chi connectivity index (χ2v) is 8.02. The van der Waals surface area contributed by atoms with Gasteiger partial charge in [-0.2, -0.15) is 16.1 Å². The van der Waals surface area contributed by atoms with Crippen LogP contribution in [0.4, 0.5) is 0 Å². The third-order valence-corrected chi connectivity index (χ3v) is 7.05. The van der Waals surface area contributed by atoms with Gasteiger partial charge in [-0.1, -0.05) is 0 Å². The van der Waals surface area contributed by atoms with Crippen LogP contribution >= 0.6 is 39.3 Å². The van der Waals surface area contributed by atoms with E-state index in [4.69, 9.17) is 16.0 Å². The molecule has 1 aromatic rings. The third kappa shape index (κ3) is 2.75. The van der Waals surface area contributed by atoms with Crippen molar-refractivity contribution in [2.45, 2.75) is 23.7 Å². The predicted molar refractivity (Wildman–Crippen MR) is 76.6 cm³/mol. The molecule has 0 aliphatic carbocycles. The smallest absolute Gasteiger partial charge is 0.247 e. The molecular weight excluding hydrogens is 362 g/mol. The van der Waals surface area contributed by atoms with E-state index in [1.165, 1.54) is 10.4 Å². The van der Waals surface area contributed by atoms with Crippen molar-refractivity contribution in [2.24, 2.45) is 0 Å². The Kier molecular flexibility index (Phi) is 4.70. The van der Waals surface area contributed by atoms with Gasteiger partial charge in [0.2, 0.25) is 10.0 Å². The summed E-state index contributed by atoms with van der Waals surface area (Å²) < 4.78 is 32.1. The van der Waals surface area contributed by atoms with E-state index in [2.05, 4.69) is 15.9 Å². The quantitative estimate of drug-likeness (QED) is 0.763. The molecule has 0 saturated carbocycles. The summed E-state index contributed by atoms with van der Waals surface area (Å²) in [5.41, 5.74) is 0. The highest BCUT2D eigenvalue weighted by Crippen LogP contribution is 2.32. The first-order valence-electron chi connectivity index (χ1n) is 5.40. The van der Waals surface area contributed by atoms with Crippen LogP contribution in [0.25, 0.3) is 0 Å². The van der Waals surface area contributed by atoms with Crippen LogP contribution in [0.5, 0.6) is 0 Å². The van der Waals surface area contributed by atoms with Crippen LogP contribution in [0, 0.1) is 0 Å². The lowest BCUT2D eigenvalue weighted by atomic mass is 10.4. The zero-order valence-corrected chi connectivity index (χ0v) is 13.7. The minimum absolute atomic E-state index is 0.00463. The SMILES string of the molecule is CC1CSCCN1S(=O)(=O)c1cc(CCl)oc1Br. The number of thioether (sulfide) groups is 1. The number of furan rings is 1. The first-order valence-corrected chi connectivity index (χ1v) is 9.33. The minimum atomic E-state index is -3.51.